The maximum Gasteiger partial charge on any atom is 0.324 e. The van der Waals surface area contributed by atoms with Crippen LogP contribution in [0.2, 0.25) is 0 Å². The molecule has 1 N–H and O–H groups in total. The summed E-state index contributed by atoms with van der Waals surface area (Å²) in [5, 5.41) is 8.89. The van der Waals surface area contributed by atoms with E-state index < -0.39 is 20.6 Å². The van der Waals surface area contributed by atoms with Crippen molar-refractivity contribution in [3.05, 3.63) is 28.5 Å². The summed E-state index contributed by atoms with van der Waals surface area (Å²) in [6.45, 7) is 2.34. The van der Waals surface area contributed by atoms with Crippen LogP contribution in [-0.4, -0.2) is 29.2 Å². The number of carbonyl (C=O) groups is 1. The molecule has 1 aromatic rings. The van der Waals surface area contributed by atoms with Gasteiger partial charge in [0.25, 0.3) is 0 Å². The second-order valence-corrected chi connectivity index (χ2v) is 7.50. The van der Waals surface area contributed by atoms with Gasteiger partial charge in [-0.3, -0.25) is 9.78 Å². The number of aromatic nitrogens is 1. The number of aliphatic carboxylic acids is 1. The van der Waals surface area contributed by atoms with E-state index in [1.54, 1.807) is 12.1 Å². The summed E-state index contributed by atoms with van der Waals surface area (Å²) in [5.74, 6) is -1.76. The first-order valence-electron chi connectivity index (χ1n) is 4.73. The fraction of sp³-hybridized carbons (Fsp3) is 0.400. The predicted octanol–water partition coefficient (Wildman–Crippen LogP) is 1.62. The van der Waals surface area contributed by atoms with Gasteiger partial charge in [-0.1, -0.05) is 0 Å². The van der Waals surface area contributed by atoms with Gasteiger partial charge in [0, 0.05) is 10.7 Å². The van der Waals surface area contributed by atoms with Gasteiger partial charge in [-0.15, -0.1) is 0 Å². The van der Waals surface area contributed by atoms with E-state index >= 15 is 0 Å². The molecule has 0 aromatic carbocycles. The van der Waals surface area contributed by atoms with Crippen molar-refractivity contribution in [3.8, 4) is 0 Å². The molecule has 0 spiro atoms. The molecule has 0 aliphatic rings. The van der Waals surface area contributed by atoms with E-state index in [-0.39, 0.29) is 5.75 Å². The Balaban J connectivity index is 3.02. The van der Waals surface area contributed by atoms with Crippen molar-refractivity contribution in [2.45, 2.75) is 24.3 Å². The third-order valence-electron chi connectivity index (χ3n) is 2.42. The minimum Gasteiger partial charge on any atom is -0.480 e. The Morgan fingerprint density at radius 2 is 2.06 bits per heavy atom. The maximum atomic E-state index is 11.9. The molecule has 1 aromatic heterocycles. The Hall–Kier alpha value is -0.950. The van der Waals surface area contributed by atoms with E-state index in [1.807, 2.05) is 0 Å². The van der Waals surface area contributed by atoms with Crippen molar-refractivity contribution < 1.29 is 18.3 Å². The zero-order valence-corrected chi connectivity index (χ0v) is 11.7. The number of carboxylic acids is 1. The Kier molecular flexibility index (Phi) is 3.93. The summed E-state index contributed by atoms with van der Waals surface area (Å²) in [7, 11) is -3.80. The van der Waals surface area contributed by atoms with Gasteiger partial charge in [0.15, 0.2) is 14.6 Å². The van der Waals surface area contributed by atoms with Crippen LogP contribution in [0.3, 0.4) is 0 Å². The lowest BCUT2D eigenvalue weighted by Crippen LogP contribution is -2.41. The van der Waals surface area contributed by atoms with E-state index in [9.17, 15) is 13.2 Å². The van der Waals surface area contributed by atoms with Gasteiger partial charge in [0.1, 0.15) is 0 Å². The van der Waals surface area contributed by atoms with Crippen LogP contribution in [0.15, 0.2) is 22.8 Å². The Labute approximate surface area is 108 Å². The van der Waals surface area contributed by atoms with Crippen molar-refractivity contribution in [2.24, 2.45) is 0 Å². The molecule has 0 fully saturated rings. The molecule has 0 saturated heterocycles. The summed E-state index contributed by atoms with van der Waals surface area (Å²) >= 11 is 3.18. The monoisotopic (exact) mass is 321 g/mol. The maximum absolute atomic E-state index is 11.9. The quantitative estimate of drug-likeness (QED) is 0.910. The van der Waals surface area contributed by atoms with Crippen LogP contribution in [0.4, 0.5) is 0 Å². The van der Waals surface area contributed by atoms with E-state index in [0.717, 1.165) is 4.47 Å². The fourth-order valence-electron chi connectivity index (χ4n) is 1.000. The molecule has 0 aliphatic heterocycles. The van der Waals surface area contributed by atoms with Crippen LogP contribution in [-0.2, 0) is 20.4 Å². The van der Waals surface area contributed by atoms with Gasteiger partial charge in [-0.25, -0.2) is 8.42 Å². The molecule has 5 nitrogen and oxygen atoms in total. The van der Waals surface area contributed by atoms with Gasteiger partial charge in [-0.2, -0.15) is 0 Å². The molecule has 0 bridgehead atoms. The molecule has 0 atom stereocenters. The zero-order chi connectivity index (χ0) is 13.3. The van der Waals surface area contributed by atoms with E-state index in [0.29, 0.717) is 5.69 Å². The first kappa shape index (κ1) is 14.1. The predicted molar refractivity (Wildman–Crippen MR) is 66.3 cm³/mol. The molecule has 1 rings (SSSR count). The lowest BCUT2D eigenvalue weighted by atomic mass is 10.2. The summed E-state index contributed by atoms with van der Waals surface area (Å²) < 4.78 is 22.7. The minimum absolute atomic E-state index is 0.322. The molecule has 0 aliphatic carbocycles. The fourth-order valence-corrected chi connectivity index (χ4v) is 2.42. The average molecular weight is 322 g/mol. The summed E-state index contributed by atoms with van der Waals surface area (Å²) in [4.78, 5) is 14.8. The third kappa shape index (κ3) is 3.04. The number of pyridine rings is 1. The molecule has 0 saturated carbocycles. The highest BCUT2D eigenvalue weighted by Crippen LogP contribution is 2.21. The van der Waals surface area contributed by atoms with Gasteiger partial charge in [0.2, 0.25) is 0 Å². The van der Waals surface area contributed by atoms with Crippen molar-refractivity contribution in [2.75, 3.05) is 0 Å². The summed E-state index contributed by atoms with van der Waals surface area (Å²) in [5.41, 5.74) is 0.322. The van der Waals surface area contributed by atoms with Crippen molar-refractivity contribution >= 4 is 31.7 Å². The van der Waals surface area contributed by atoms with Crippen molar-refractivity contribution in [1.29, 1.82) is 0 Å². The van der Waals surface area contributed by atoms with Crippen LogP contribution in [0, 0.1) is 0 Å². The average Bonchev–Trinajstić information content (AvgIpc) is 2.20. The van der Waals surface area contributed by atoms with Crippen LogP contribution >= 0.6 is 15.9 Å². The molecule has 7 heteroatoms. The second-order valence-electron chi connectivity index (χ2n) is 4.04. The number of carboxylic acid groups (broad SMARTS) is 1. The van der Waals surface area contributed by atoms with E-state index in [4.69, 9.17) is 5.11 Å². The van der Waals surface area contributed by atoms with Crippen LogP contribution in [0.1, 0.15) is 19.5 Å². The highest BCUT2D eigenvalue weighted by Gasteiger charge is 2.41. The number of sulfone groups is 1. The number of hydrogen-bond acceptors (Lipinski definition) is 4. The Bertz CT molecular complexity index is 522. The number of rotatable bonds is 4. The normalized spacial score (nSPS) is 12.4. The number of nitrogens with zero attached hydrogens (tertiary/aromatic N) is 1. The smallest absolute Gasteiger partial charge is 0.324 e. The minimum atomic E-state index is -3.80. The molecule has 17 heavy (non-hydrogen) atoms. The molecular formula is C10H12BrNO4S. The van der Waals surface area contributed by atoms with Crippen LogP contribution in [0.25, 0.3) is 0 Å². The Morgan fingerprint density at radius 1 is 1.47 bits per heavy atom. The third-order valence-corrected chi connectivity index (χ3v) is 5.29. The second kappa shape index (κ2) is 4.73. The lowest BCUT2D eigenvalue weighted by molar-refractivity contribution is -0.139. The van der Waals surface area contributed by atoms with Crippen LogP contribution in [0.5, 0.6) is 0 Å². The van der Waals surface area contributed by atoms with Crippen molar-refractivity contribution in [1.82, 2.24) is 4.98 Å². The molecule has 1 heterocycles. The first-order valence-corrected chi connectivity index (χ1v) is 7.17. The molecular weight excluding hydrogens is 310 g/mol. The molecule has 0 radical (unpaired) electrons. The molecule has 0 amide bonds. The van der Waals surface area contributed by atoms with Crippen LogP contribution < -0.4 is 0 Å². The zero-order valence-electron chi connectivity index (χ0n) is 9.34. The lowest BCUT2D eigenvalue weighted by Gasteiger charge is -2.19. The highest BCUT2D eigenvalue weighted by atomic mass is 79.9. The van der Waals surface area contributed by atoms with Gasteiger partial charge in [0.05, 0.1) is 11.4 Å². The number of halogens is 1. The van der Waals surface area contributed by atoms with E-state index in [2.05, 4.69) is 20.9 Å². The van der Waals surface area contributed by atoms with Gasteiger partial charge >= 0.3 is 5.97 Å². The van der Waals surface area contributed by atoms with Gasteiger partial charge < -0.3 is 5.11 Å². The standard InChI is InChI=1S/C10H12BrNO4S/c1-10(2,9(13)14)17(15,16)6-8-4-3-7(11)5-12-8/h3-5H,6H2,1-2H3,(H,13,14). The summed E-state index contributed by atoms with van der Waals surface area (Å²) in [6, 6.07) is 3.20. The molecule has 0 unspecified atom stereocenters. The molecule has 94 valence electrons. The summed E-state index contributed by atoms with van der Waals surface area (Å²) in [6.07, 6.45) is 1.47. The Morgan fingerprint density at radius 3 is 2.47 bits per heavy atom. The largest absolute Gasteiger partial charge is 0.480 e. The highest BCUT2D eigenvalue weighted by molar-refractivity contribution is 9.10. The van der Waals surface area contributed by atoms with Crippen molar-refractivity contribution in [3.63, 3.8) is 0 Å². The first-order chi connectivity index (χ1) is 7.67. The van der Waals surface area contributed by atoms with E-state index in [1.165, 1.54) is 20.0 Å². The number of hydrogen-bond donors (Lipinski definition) is 1. The topological polar surface area (TPSA) is 84.3 Å². The van der Waals surface area contributed by atoms with Gasteiger partial charge in [-0.05, 0) is 41.9 Å². The SMILES string of the molecule is CC(C)(C(=O)O)S(=O)(=O)Cc1ccc(Br)cn1.